The van der Waals surface area contributed by atoms with Crippen molar-refractivity contribution in [3.8, 4) is 28.8 Å². The summed E-state index contributed by atoms with van der Waals surface area (Å²) in [5.41, 5.74) is 4.43. The first-order chi connectivity index (χ1) is 18.2. The Bertz CT molecular complexity index is 1570. The van der Waals surface area contributed by atoms with Crippen molar-refractivity contribution >= 4 is 23.1 Å². The summed E-state index contributed by atoms with van der Waals surface area (Å²) >= 11 is 1.63. The van der Waals surface area contributed by atoms with Crippen LogP contribution >= 0.6 is 11.8 Å². The molecule has 37 heavy (non-hydrogen) atoms. The molecule has 0 amide bonds. The van der Waals surface area contributed by atoms with E-state index in [1.807, 2.05) is 54.6 Å². The number of aromatic nitrogens is 2. The summed E-state index contributed by atoms with van der Waals surface area (Å²) in [6.07, 6.45) is 0. The van der Waals surface area contributed by atoms with Crippen LogP contribution in [0.25, 0.3) is 11.3 Å². The molecule has 2 aliphatic rings. The van der Waals surface area contributed by atoms with Crippen molar-refractivity contribution in [1.82, 2.24) is 9.97 Å². The van der Waals surface area contributed by atoms with Gasteiger partial charge in [0.2, 0.25) is 5.56 Å². The minimum Gasteiger partial charge on any atom is -0.454 e. The number of nitriles is 1. The Hall–Kier alpha value is -4.26. The molecule has 0 saturated carbocycles. The molecule has 0 aliphatic carbocycles. The van der Waals surface area contributed by atoms with Gasteiger partial charge in [0.05, 0.1) is 40.9 Å². The zero-order valence-corrected chi connectivity index (χ0v) is 20.7. The van der Waals surface area contributed by atoms with Crippen LogP contribution in [0.2, 0.25) is 0 Å². The van der Waals surface area contributed by atoms with Gasteiger partial charge in [0, 0.05) is 36.1 Å². The van der Waals surface area contributed by atoms with E-state index in [9.17, 15) is 4.79 Å². The summed E-state index contributed by atoms with van der Waals surface area (Å²) in [6, 6.07) is 23.0. The first-order valence-corrected chi connectivity index (χ1v) is 12.8. The molecule has 0 unspecified atom stereocenters. The second-order valence-corrected chi connectivity index (χ2v) is 9.78. The largest absolute Gasteiger partial charge is 0.454 e. The molecule has 2 aromatic heterocycles. The average molecular weight is 510 g/mol. The third-order valence-electron chi connectivity index (χ3n) is 6.24. The Morgan fingerprint density at radius 3 is 2.78 bits per heavy atom. The smallest absolute Gasteiger partial charge is 0.250 e. The van der Waals surface area contributed by atoms with E-state index < -0.39 is 0 Å². The highest BCUT2D eigenvalue weighted by atomic mass is 32.2. The molecule has 4 heterocycles. The summed E-state index contributed by atoms with van der Waals surface area (Å²) in [4.78, 5) is 24.0. The van der Waals surface area contributed by atoms with E-state index in [4.69, 9.17) is 14.7 Å². The number of pyridine rings is 2. The van der Waals surface area contributed by atoms with Crippen LogP contribution < -0.4 is 20.5 Å². The SMILES string of the molecule is N#Cc1cccc(CNc2ccc3c(c2)Sc2cccc(-c4cc(N5CCOCC5)cc(=O)[nH]4)c2O3)n1. The molecule has 0 atom stereocenters. The number of para-hydroxylation sites is 1. The van der Waals surface area contributed by atoms with E-state index in [-0.39, 0.29) is 5.56 Å². The molecular formula is C28H23N5O3S. The number of nitrogens with one attached hydrogen (secondary N) is 2. The maximum absolute atomic E-state index is 12.5. The fraction of sp³-hybridized carbons (Fsp3) is 0.179. The van der Waals surface area contributed by atoms with Gasteiger partial charge in [-0.05, 0) is 48.5 Å². The fourth-order valence-electron chi connectivity index (χ4n) is 4.43. The number of H-pyrrole nitrogens is 1. The van der Waals surface area contributed by atoms with Gasteiger partial charge in [-0.3, -0.25) is 4.79 Å². The predicted octanol–water partition coefficient (Wildman–Crippen LogP) is 5.01. The molecule has 9 heteroatoms. The lowest BCUT2D eigenvalue weighted by atomic mass is 10.1. The lowest BCUT2D eigenvalue weighted by molar-refractivity contribution is 0.122. The average Bonchev–Trinajstić information content (AvgIpc) is 2.95. The highest BCUT2D eigenvalue weighted by molar-refractivity contribution is 7.99. The van der Waals surface area contributed by atoms with Crippen molar-refractivity contribution in [1.29, 1.82) is 5.26 Å². The molecule has 0 spiro atoms. The number of nitrogens with zero attached hydrogens (tertiary/aromatic N) is 3. The number of aromatic amines is 1. The zero-order chi connectivity index (χ0) is 25.2. The Balaban J connectivity index is 1.25. The Morgan fingerprint density at radius 2 is 1.92 bits per heavy atom. The van der Waals surface area contributed by atoms with Gasteiger partial charge in [-0.2, -0.15) is 5.26 Å². The second-order valence-electron chi connectivity index (χ2n) is 8.69. The van der Waals surface area contributed by atoms with E-state index in [0.717, 1.165) is 62.7 Å². The van der Waals surface area contributed by atoms with Crippen molar-refractivity contribution in [3.05, 3.63) is 88.5 Å². The third-order valence-corrected chi connectivity index (χ3v) is 7.33. The molecule has 184 valence electrons. The third kappa shape index (κ3) is 4.89. The first-order valence-electron chi connectivity index (χ1n) is 12.0. The number of benzene rings is 2. The Morgan fingerprint density at radius 1 is 1.05 bits per heavy atom. The zero-order valence-electron chi connectivity index (χ0n) is 19.9. The van der Waals surface area contributed by atoms with Crippen molar-refractivity contribution < 1.29 is 9.47 Å². The van der Waals surface area contributed by atoms with Crippen LogP contribution in [-0.2, 0) is 11.3 Å². The number of anilines is 2. The van der Waals surface area contributed by atoms with Crippen LogP contribution in [0.3, 0.4) is 0 Å². The van der Waals surface area contributed by atoms with Crippen molar-refractivity contribution in [2.45, 2.75) is 16.3 Å². The van der Waals surface area contributed by atoms with Gasteiger partial charge in [-0.25, -0.2) is 4.98 Å². The topological polar surface area (TPSA) is 103 Å². The highest BCUT2D eigenvalue weighted by Crippen LogP contribution is 2.51. The van der Waals surface area contributed by atoms with Gasteiger partial charge >= 0.3 is 0 Å². The van der Waals surface area contributed by atoms with Crippen LogP contribution in [0.1, 0.15) is 11.4 Å². The maximum Gasteiger partial charge on any atom is 0.250 e. The van der Waals surface area contributed by atoms with Crippen LogP contribution in [0.5, 0.6) is 11.5 Å². The van der Waals surface area contributed by atoms with Crippen LogP contribution in [0.15, 0.2) is 81.3 Å². The maximum atomic E-state index is 12.5. The molecule has 4 aromatic rings. The number of hydrogen-bond acceptors (Lipinski definition) is 8. The second kappa shape index (κ2) is 10.0. The van der Waals surface area contributed by atoms with Gasteiger partial charge in [-0.15, -0.1) is 0 Å². The van der Waals surface area contributed by atoms with Gasteiger partial charge in [-0.1, -0.05) is 23.9 Å². The van der Waals surface area contributed by atoms with Crippen LogP contribution in [0, 0.1) is 11.3 Å². The summed E-state index contributed by atoms with van der Waals surface area (Å²) < 4.78 is 11.8. The molecule has 2 aromatic carbocycles. The molecular weight excluding hydrogens is 486 g/mol. The molecule has 0 radical (unpaired) electrons. The normalized spacial score (nSPS) is 14.2. The van der Waals surface area contributed by atoms with E-state index in [1.165, 1.54) is 0 Å². The number of morpholine rings is 1. The molecule has 8 nitrogen and oxygen atoms in total. The van der Waals surface area contributed by atoms with E-state index in [0.29, 0.717) is 25.5 Å². The number of rotatable bonds is 5. The van der Waals surface area contributed by atoms with Crippen LogP contribution in [0.4, 0.5) is 11.4 Å². The van der Waals surface area contributed by atoms with Crippen LogP contribution in [-0.4, -0.2) is 36.3 Å². The lowest BCUT2D eigenvalue weighted by Crippen LogP contribution is -2.36. The quantitative estimate of drug-likeness (QED) is 0.341. The van der Waals surface area contributed by atoms with Crippen molar-refractivity contribution in [3.63, 3.8) is 0 Å². The van der Waals surface area contributed by atoms with Crippen molar-refractivity contribution in [2.24, 2.45) is 0 Å². The number of ether oxygens (including phenoxy) is 2. The summed E-state index contributed by atoms with van der Waals surface area (Å²) in [6.45, 7) is 3.32. The lowest BCUT2D eigenvalue weighted by Gasteiger charge is -2.29. The minimum absolute atomic E-state index is 0.147. The monoisotopic (exact) mass is 509 g/mol. The van der Waals surface area contributed by atoms with E-state index >= 15 is 0 Å². The van der Waals surface area contributed by atoms with Gasteiger partial charge in [0.25, 0.3) is 0 Å². The predicted molar refractivity (Wildman–Crippen MR) is 142 cm³/mol. The molecule has 2 N–H and O–H groups in total. The molecule has 2 aliphatic heterocycles. The highest BCUT2D eigenvalue weighted by Gasteiger charge is 2.23. The van der Waals surface area contributed by atoms with Crippen molar-refractivity contribution in [2.75, 3.05) is 36.5 Å². The fourth-order valence-corrected chi connectivity index (χ4v) is 5.46. The summed E-state index contributed by atoms with van der Waals surface area (Å²) in [7, 11) is 0. The van der Waals surface area contributed by atoms with Gasteiger partial charge in [0.1, 0.15) is 17.5 Å². The number of hydrogen-bond donors (Lipinski definition) is 2. The standard InChI is InChI=1S/C28H23N5O3S/c29-16-19-3-1-4-20(31-19)17-30-18-7-8-24-26(13-18)37-25-6-2-5-22(28(25)36-24)23-14-21(15-27(34)32-23)33-9-11-35-12-10-33/h1-8,13-15,30H,9-12,17H2,(H,32,34). The first kappa shape index (κ1) is 23.2. The number of fused-ring (bicyclic) bond motifs is 2. The Kier molecular flexibility index (Phi) is 6.26. The summed E-state index contributed by atoms with van der Waals surface area (Å²) in [5, 5.41) is 12.4. The molecule has 0 bridgehead atoms. The molecule has 1 saturated heterocycles. The van der Waals surface area contributed by atoms with Gasteiger partial charge < -0.3 is 24.7 Å². The molecule has 6 rings (SSSR count). The van der Waals surface area contributed by atoms with E-state index in [1.54, 1.807) is 23.9 Å². The van der Waals surface area contributed by atoms with Gasteiger partial charge in [0.15, 0.2) is 5.75 Å². The van der Waals surface area contributed by atoms with E-state index in [2.05, 4.69) is 26.3 Å². The molecule has 1 fully saturated rings. The Labute approximate surface area is 217 Å². The minimum atomic E-state index is -0.147. The summed E-state index contributed by atoms with van der Waals surface area (Å²) in [5.74, 6) is 1.49.